The molecule has 0 amide bonds. The van der Waals surface area contributed by atoms with Crippen molar-refractivity contribution < 1.29 is 9.90 Å². The van der Waals surface area contributed by atoms with Crippen LogP contribution in [0.4, 0.5) is 0 Å². The van der Waals surface area contributed by atoms with Crippen LogP contribution in [0.2, 0.25) is 0 Å². The van der Waals surface area contributed by atoms with Gasteiger partial charge in [-0.1, -0.05) is 11.3 Å². The summed E-state index contributed by atoms with van der Waals surface area (Å²) in [6.45, 7) is 0.334. The van der Waals surface area contributed by atoms with Crippen LogP contribution < -0.4 is 4.87 Å². The van der Waals surface area contributed by atoms with Crippen LogP contribution >= 0.6 is 22.7 Å². The average molecular weight is 242 g/mol. The van der Waals surface area contributed by atoms with Crippen LogP contribution in [-0.2, 0) is 6.54 Å². The topological polar surface area (TPSA) is 72.2 Å². The molecule has 0 saturated heterocycles. The van der Waals surface area contributed by atoms with Crippen molar-refractivity contribution in [2.75, 3.05) is 0 Å². The number of carbonyl (C=O) groups is 1. The zero-order valence-electron chi connectivity index (χ0n) is 7.41. The summed E-state index contributed by atoms with van der Waals surface area (Å²) in [5.41, 5.74) is 0.0262. The van der Waals surface area contributed by atoms with Crippen molar-refractivity contribution in [3.63, 3.8) is 0 Å². The Bertz CT molecular complexity index is 540. The third-order valence-corrected chi connectivity index (χ3v) is 3.25. The first-order valence-corrected chi connectivity index (χ1v) is 5.74. The molecular weight excluding hydrogens is 236 g/mol. The molecule has 0 aliphatic heterocycles. The normalized spacial score (nSPS) is 10.4. The lowest BCUT2D eigenvalue weighted by Crippen LogP contribution is -2.12. The average Bonchev–Trinajstić information content (AvgIpc) is 2.77. The van der Waals surface area contributed by atoms with Crippen LogP contribution in [0.1, 0.15) is 15.5 Å². The molecule has 0 unspecified atom stereocenters. The number of hydrogen-bond acceptors (Lipinski definition) is 5. The second kappa shape index (κ2) is 3.95. The van der Waals surface area contributed by atoms with Crippen LogP contribution in [0.15, 0.2) is 21.8 Å². The lowest BCUT2D eigenvalue weighted by atomic mass is 10.5. The third-order valence-electron chi connectivity index (χ3n) is 1.72. The van der Waals surface area contributed by atoms with E-state index in [4.69, 9.17) is 5.11 Å². The summed E-state index contributed by atoms with van der Waals surface area (Å²) in [4.78, 5) is 25.6. The minimum absolute atomic E-state index is 0.0262. The number of nitrogens with zero attached hydrogens (tertiary/aromatic N) is 2. The van der Waals surface area contributed by atoms with E-state index in [1.165, 1.54) is 21.3 Å². The van der Waals surface area contributed by atoms with Crippen molar-refractivity contribution in [1.29, 1.82) is 0 Å². The van der Waals surface area contributed by atoms with Gasteiger partial charge in [-0.25, -0.2) is 9.78 Å². The van der Waals surface area contributed by atoms with Gasteiger partial charge in [0.15, 0.2) is 5.69 Å². The van der Waals surface area contributed by atoms with Gasteiger partial charge >= 0.3 is 10.8 Å². The van der Waals surface area contributed by atoms with Gasteiger partial charge in [0.05, 0.1) is 6.54 Å². The Labute approximate surface area is 92.3 Å². The fourth-order valence-electron chi connectivity index (χ4n) is 1.04. The van der Waals surface area contributed by atoms with Crippen molar-refractivity contribution in [1.82, 2.24) is 9.55 Å². The van der Waals surface area contributed by atoms with Gasteiger partial charge in [0.1, 0.15) is 5.01 Å². The largest absolute Gasteiger partial charge is 0.476 e. The second-order valence-corrected chi connectivity index (χ2v) is 4.53. The molecule has 7 heteroatoms. The third kappa shape index (κ3) is 2.13. The monoisotopic (exact) mass is 242 g/mol. The molecule has 1 N–H and O–H groups in total. The number of rotatable bonds is 3. The Morgan fingerprint density at radius 1 is 1.53 bits per heavy atom. The summed E-state index contributed by atoms with van der Waals surface area (Å²) in [6, 6.07) is 0. The molecule has 2 heterocycles. The highest BCUT2D eigenvalue weighted by Crippen LogP contribution is 2.10. The predicted octanol–water partition coefficient (Wildman–Crippen LogP) is 1.11. The van der Waals surface area contributed by atoms with Gasteiger partial charge in [0.25, 0.3) is 0 Å². The number of carboxylic acid groups (broad SMARTS) is 1. The van der Waals surface area contributed by atoms with E-state index in [1.54, 1.807) is 11.6 Å². The van der Waals surface area contributed by atoms with Crippen molar-refractivity contribution in [3.8, 4) is 0 Å². The Morgan fingerprint density at radius 2 is 2.33 bits per heavy atom. The van der Waals surface area contributed by atoms with Gasteiger partial charge < -0.3 is 5.11 Å². The molecule has 2 aromatic rings. The van der Waals surface area contributed by atoms with E-state index in [-0.39, 0.29) is 10.6 Å². The number of aromatic carboxylic acids is 1. The summed E-state index contributed by atoms with van der Waals surface area (Å²) >= 11 is 2.34. The lowest BCUT2D eigenvalue weighted by molar-refractivity contribution is 0.0691. The van der Waals surface area contributed by atoms with Crippen molar-refractivity contribution in [2.45, 2.75) is 6.54 Å². The van der Waals surface area contributed by atoms with E-state index in [0.29, 0.717) is 11.6 Å². The van der Waals surface area contributed by atoms with Crippen LogP contribution in [0.5, 0.6) is 0 Å². The van der Waals surface area contributed by atoms with Crippen LogP contribution in [0.3, 0.4) is 0 Å². The highest BCUT2D eigenvalue weighted by atomic mass is 32.1. The zero-order chi connectivity index (χ0) is 10.8. The maximum Gasteiger partial charge on any atom is 0.355 e. The lowest BCUT2D eigenvalue weighted by Gasteiger charge is -1.94. The highest BCUT2D eigenvalue weighted by Gasteiger charge is 2.09. The Kier molecular flexibility index (Phi) is 2.65. The van der Waals surface area contributed by atoms with Gasteiger partial charge in [-0.05, 0) is 0 Å². The van der Waals surface area contributed by atoms with E-state index in [2.05, 4.69) is 4.98 Å². The van der Waals surface area contributed by atoms with Crippen LogP contribution in [0, 0.1) is 0 Å². The molecule has 5 nitrogen and oxygen atoms in total. The van der Waals surface area contributed by atoms with Crippen molar-refractivity contribution in [2.24, 2.45) is 0 Å². The minimum Gasteiger partial charge on any atom is -0.476 e. The molecule has 0 aliphatic carbocycles. The van der Waals surface area contributed by atoms with Gasteiger partial charge in [-0.2, -0.15) is 0 Å². The molecule has 2 rings (SSSR count). The maximum atomic E-state index is 11.2. The quantitative estimate of drug-likeness (QED) is 0.875. The predicted molar refractivity (Wildman–Crippen MR) is 56.8 cm³/mol. The van der Waals surface area contributed by atoms with Gasteiger partial charge in [-0.3, -0.25) is 9.36 Å². The molecule has 0 aromatic carbocycles. The molecule has 15 heavy (non-hydrogen) atoms. The zero-order valence-corrected chi connectivity index (χ0v) is 9.05. The fraction of sp³-hybridized carbons (Fsp3) is 0.125. The van der Waals surface area contributed by atoms with E-state index < -0.39 is 5.97 Å². The summed E-state index contributed by atoms with van der Waals surface area (Å²) in [7, 11) is 0. The number of hydrogen-bond donors (Lipinski definition) is 1. The Hall–Kier alpha value is -1.47. The molecule has 0 spiro atoms. The van der Waals surface area contributed by atoms with E-state index >= 15 is 0 Å². The number of aromatic nitrogens is 2. The Morgan fingerprint density at radius 3 is 2.87 bits per heavy atom. The highest BCUT2D eigenvalue weighted by molar-refractivity contribution is 7.09. The molecule has 0 aliphatic rings. The molecule has 0 atom stereocenters. The molecule has 0 saturated carbocycles. The fourth-order valence-corrected chi connectivity index (χ4v) is 2.39. The maximum absolute atomic E-state index is 11.2. The van der Waals surface area contributed by atoms with Crippen LogP contribution in [0.25, 0.3) is 0 Å². The molecule has 78 valence electrons. The SMILES string of the molecule is O=C(O)c1csc(Cn2ccsc2=O)n1. The first-order chi connectivity index (χ1) is 7.16. The summed E-state index contributed by atoms with van der Waals surface area (Å²) in [6.07, 6.45) is 1.66. The Balaban J connectivity index is 2.22. The van der Waals surface area contributed by atoms with Gasteiger partial charge in [0, 0.05) is 17.0 Å². The molecule has 0 bridgehead atoms. The van der Waals surface area contributed by atoms with Gasteiger partial charge in [0.2, 0.25) is 0 Å². The first kappa shape index (κ1) is 10.1. The summed E-state index contributed by atoms with van der Waals surface area (Å²) in [5, 5.41) is 12.4. The smallest absolute Gasteiger partial charge is 0.355 e. The van der Waals surface area contributed by atoms with Crippen molar-refractivity contribution >= 4 is 28.6 Å². The number of carboxylic acids is 1. The van der Waals surface area contributed by atoms with E-state index in [9.17, 15) is 9.59 Å². The van der Waals surface area contributed by atoms with E-state index in [1.807, 2.05) is 0 Å². The van der Waals surface area contributed by atoms with Crippen molar-refractivity contribution in [3.05, 3.63) is 37.3 Å². The van der Waals surface area contributed by atoms with Crippen LogP contribution in [-0.4, -0.2) is 20.6 Å². The van der Waals surface area contributed by atoms with E-state index in [0.717, 1.165) is 11.3 Å². The second-order valence-electron chi connectivity index (χ2n) is 2.73. The molecule has 2 aromatic heterocycles. The molecular formula is C8H6N2O3S2. The minimum atomic E-state index is -1.05. The standard InChI is InChI=1S/C8H6N2O3S2/c11-7(12)5-4-15-6(9-5)3-10-1-2-14-8(10)13/h1-2,4H,3H2,(H,11,12). The van der Waals surface area contributed by atoms with Gasteiger partial charge in [-0.15, -0.1) is 11.3 Å². The first-order valence-electron chi connectivity index (χ1n) is 3.98. The molecule has 0 radical (unpaired) electrons. The summed E-state index contributed by atoms with van der Waals surface area (Å²) in [5.74, 6) is -1.05. The number of thiazole rings is 2. The molecule has 0 fully saturated rings. The summed E-state index contributed by atoms with van der Waals surface area (Å²) < 4.78 is 1.50.